The fraction of sp³-hybridized carbons (Fsp3) is 0.182. The Balaban J connectivity index is 2.53. The van der Waals surface area contributed by atoms with Crippen LogP contribution in [0.2, 0.25) is 5.02 Å². The monoisotopic (exact) mass is 285 g/mol. The highest BCUT2D eigenvalue weighted by molar-refractivity contribution is 9.08. The van der Waals surface area contributed by atoms with Crippen LogP contribution in [0.15, 0.2) is 28.7 Å². The summed E-state index contributed by atoms with van der Waals surface area (Å²) in [7, 11) is 0. The van der Waals surface area contributed by atoms with Crippen molar-refractivity contribution in [3.8, 4) is 11.3 Å². The van der Waals surface area contributed by atoms with E-state index in [1.54, 1.807) is 0 Å². The minimum absolute atomic E-state index is 0.648. The molecule has 0 spiro atoms. The van der Waals surface area contributed by atoms with E-state index >= 15 is 0 Å². The normalized spacial score (nSPS) is 10.6. The van der Waals surface area contributed by atoms with E-state index in [1.165, 1.54) is 0 Å². The van der Waals surface area contributed by atoms with E-state index in [4.69, 9.17) is 16.0 Å². The van der Waals surface area contributed by atoms with E-state index in [-0.39, 0.29) is 0 Å². The molecule has 2 nitrogen and oxygen atoms in total. The molecule has 0 atom stereocenters. The van der Waals surface area contributed by atoms with Gasteiger partial charge >= 0.3 is 0 Å². The van der Waals surface area contributed by atoms with Gasteiger partial charge in [-0.1, -0.05) is 39.7 Å². The van der Waals surface area contributed by atoms with Gasteiger partial charge in [0.15, 0.2) is 5.89 Å². The molecule has 1 aromatic carbocycles. The van der Waals surface area contributed by atoms with E-state index in [0.29, 0.717) is 16.2 Å². The fourth-order valence-corrected chi connectivity index (χ4v) is 1.99. The number of oxazole rings is 1. The van der Waals surface area contributed by atoms with Crippen molar-refractivity contribution >= 4 is 27.5 Å². The van der Waals surface area contributed by atoms with Gasteiger partial charge in [0, 0.05) is 17.5 Å². The van der Waals surface area contributed by atoms with Crippen LogP contribution in [-0.2, 0) is 5.33 Å². The molecule has 0 fully saturated rings. The Kier molecular flexibility index (Phi) is 3.12. The highest BCUT2D eigenvalue weighted by Gasteiger charge is 2.11. The number of nitrogens with zero attached hydrogens (tertiary/aromatic N) is 1. The molecule has 0 N–H and O–H groups in total. The lowest BCUT2D eigenvalue weighted by Crippen LogP contribution is -1.82. The lowest BCUT2D eigenvalue weighted by atomic mass is 10.1. The van der Waals surface area contributed by atoms with Crippen molar-refractivity contribution in [3.63, 3.8) is 0 Å². The number of aromatic nitrogens is 1. The van der Waals surface area contributed by atoms with E-state index < -0.39 is 0 Å². The van der Waals surface area contributed by atoms with Crippen molar-refractivity contribution in [1.29, 1.82) is 0 Å². The number of benzene rings is 1. The summed E-state index contributed by atoms with van der Waals surface area (Å²) < 4.78 is 5.46. The Bertz CT molecular complexity index is 481. The molecule has 0 unspecified atom stereocenters. The Hall–Kier alpha value is -0.800. The molecule has 0 saturated heterocycles. The molecule has 2 rings (SSSR count). The van der Waals surface area contributed by atoms with Crippen LogP contribution >= 0.6 is 27.5 Å². The van der Waals surface area contributed by atoms with Gasteiger partial charge in [-0.2, -0.15) is 0 Å². The zero-order chi connectivity index (χ0) is 10.8. The van der Waals surface area contributed by atoms with Crippen LogP contribution in [0, 0.1) is 6.92 Å². The first-order valence-electron chi connectivity index (χ1n) is 4.49. The minimum Gasteiger partial charge on any atom is -0.444 e. The predicted molar refractivity (Wildman–Crippen MR) is 64.3 cm³/mol. The summed E-state index contributed by atoms with van der Waals surface area (Å²) in [5.41, 5.74) is 1.83. The Morgan fingerprint density at radius 3 is 2.93 bits per heavy atom. The smallest absolute Gasteiger partial charge is 0.191 e. The third-order valence-corrected chi connectivity index (χ3v) is 2.77. The first-order chi connectivity index (χ1) is 7.20. The van der Waals surface area contributed by atoms with Gasteiger partial charge in [0.1, 0.15) is 11.5 Å². The summed E-state index contributed by atoms with van der Waals surface area (Å²) in [4.78, 5) is 4.34. The highest BCUT2D eigenvalue weighted by atomic mass is 79.9. The molecular formula is C11H9BrClNO. The van der Waals surface area contributed by atoms with Crippen LogP contribution in [0.1, 0.15) is 11.7 Å². The summed E-state index contributed by atoms with van der Waals surface area (Å²) in [6.45, 7) is 1.83. The minimum atomic E-state index is 0.648. The molecular weight excluding hydrogens is 277 g/mol. The van der Waals surface area contributed by atoms with Crippen LogP contribution in [0.4, 0.5) is 0 Å². The van der Waals surface area contributed by atoms with Crippen LogP contribution in [-0.4, -0.2) is 4.98 Å². The number of aryl methyl sites for hydroxylation is 1. The molecule has 0 bridgehead atoms. The second kappa shape index (κ2) is 4.37. The summed E-state index contributed by atoms with van der Waals surface area (Å²) in [6.07, 6.45) is 0. The molecule has 15 heavy (non-hydrogen) atoms. The van der Waals surface area contributed by atoms with Crippen LogP contribution in [0.3, 0.4) is 0 Å². The fourth-order valence-electron chi connectivity index (χ4n) is 1.42. The lowest BCUT2D eigenvalue weighted by Gasteiger charge is -1.98. The maximum absolute atomic E-state index is 5.93. The Morgan fingerprint density at radius 2 is 2.27 bits per heavy atom. The van der Waals surface area contributed by atoms with Crippen molar-refractivity contribution in [2.45, 2.75) is 12.3 Å². The zero-order valence-corrected chi connectivity index (χ0v) is 10.5. The SMILES string of the molecule is Cc1nc(-c2cccc(Cl)c2)c(CBr)o1. The van der Waals surface area contributed by atoms with Crippen molar-refractivity contribution in [2.75, 3.05) is 0 Å². The highest BCUT2D eigenvalue weighted by Crippen LogP contribution is 2.27. The van der Waals surface area contributed by atoms with Gasteiger partial charge < -0.3 is 4.42 Å². The van der Waals surface area contributed by atoms with Gasteiger partial charge in [0.2, 0.25) is 0 Å². The van der Waals surface area contributed by atoms with Crippen LogP contribution < -0.4 is 0 Å². The first-order valence-corrected chi connectivity index (χ1v) is 5.99. The van der Waals surface area contributed by atoms with Gasteiger partial charge in [0.05, 0.1) is 5.33 Å². The van der Waals surface area contributed by atoms with E-state index in [2.05, 4.69) is 20.9 Å². The lowest BCUT2D eigenvalue weighted by molar-refractivity contribution is 0.492. The first kappa shape index (κ1) is 10.7. The molecule has 0 aliphatic rings. The van der Waals surface area contributed by atoms with Gasteiger partial charge in [-0.3, -0.25) is 0 Å². The van der Waals surface area contributed by atoms with E-state index in [9.17, 15) is 0 Å². The molecule has 78 valence electrons. The maximum atomic E-state index is 5.93. The van der Waals surface area contributed by atoms with Crippen molar-refractivity contribution in [3.05, 3.63) is 40.9 Å². The Morgan fingerprint density at radius 1 is 1.47 bits per heavy atom. The van der Waals surface area contributed by atoms with Gasteiger partial charge in [-0.25, -0.2) is 4.98 Å². The topological polar surface area (TPSA) is 26.0 Å². The number of halogens is 2. The molecule has 2 aromatic rings. The van der Waals surface area contributed by atoms with Gasteiger partial charge in [-0.05, 0) is 12.1 Å². The van der Waals surface area contributed by atoms with Crippen molar-refractivity contribution in [2.24, 2.45) is 0 Å². The van der Waals surface area contributed by atoms with Crippen molar-refractivity contribution < 1.29 is 4.42 Å². The third-order valence-electron chi connectivity index (χ3n) is 2.02. The second-order valence-electron chi connectivity index (χ2n) is 3.15. The average Bonchev–Trinajstić information content (AvgIpc) is 2.59. The summed E-state index contributed by atoms with van der Waals surface area (Å²) in [5, 5.41) is 1.35. The summed E-state index contributed by atoms with van der Waals surface area (Å²) >= 11 is 9.30. The third kappa shape index (κ3) is 2.24. The Labute approximate surface area is 101 Å². The zero-order valence-electron chi connectivity index (χ0n) is 8.13. The number of hydrogen-bond donors (Lipinski definition) is 0. The molecule has 0 aliphatic carbocycles. The predicted octanol–water partition coefficient (Wildman–Crippen LogP) is 4.20. The van der Waals surface area contributed by atoms with E-state index in [1.807, 2.05) is 31.2 Å². The quantitative estimate of drug-likeness (QED) is 0.773. The van der Waals surface area contributed by atoms with Crippen LogP contribution in [0.5, 0.6) is 0 Å². The second-order valence-corrected chi connectivity index (χ2v) is 4.15. The molecule has 4 heteroatoms. The van der Waals surface area contributed by atoms with Crippen molar-refractivity contribution in [1.82, 2.24) is 4.98 Å². The van der Waals surface area contributed by atoms with E-state index in [0.717, 1.165) is 17.0 Å². The molecule has 0 amide bonds. The largest absolute Gasteiger partial charge is 0.444 e. The molecule has 0 radical (unpaired) electrons. The molecule has 0 aliphatic heterocycles. The summed E-state index contributed by atoms with van der Waals surface area (Å²) in [6, 6.07) is 7.59. The standard InChI is InChI=1S/C11H9BrClNO/c1-7-14-11(10(6-12)15-7)8-3-2-4-9(13)5-8/h2-5H,6H2,1H3. The van der Waals surface area contributed by atoms with Crippen LogP contribution in [0.25, 0.3) is 11.3 Å². The van der Waals surface area contributed by atoms with Gasteiger partial charge in [0.25, 0.3) is 0 Å². The van der Waals surface area contributed by atoms with Gasteiger partial charge in [-0.15, -0.1) is 0 Å². The number of alkyl halides is 1. The molecule has 1 heterocycles. The molecule has 0 saturated carbocycles. The number of rotatable bonds is 2. The molecule has 1 aromatic heterocycles. The summed E-state index contributed by atoms with van der Waals surface area (Å²) in [5.74, 6) is 1.49. The number of hydrogen-bond acceptors (Lipinski definition) is 2. The average molecular weight is 287 g/mol. The maximum Gasteiger partial charge on any atom is 0.191 e.